The van der Waals surface area contributed by atoms with Crippen molar-refractivity contribution in [1.82, 2.24) is 35.8 Å². The number of H-pyrrole nitrogens is 1. The van der Waals surface area contributed by atoms with Gasteiger partial charge in [0.25, 0.3) is 0 Å². The highest BCUT2D eigenvalue weighted by Gasteiger charge is 2.59. The van der Waals surface area contributed by atoms with E-state index in [1.54, 1.807) is 11.3 Å². The van der Waals surface area contributed by atoms with E-state index in [1.807, 2.05) is 5.51 Å². The smallest absolute Gasteiger partial charge is 0.228 e. The second kappa shape index (κ2) is 8.02. The molecule has 146 valence electrons. The van der Waals surface area contributed by atoms with E-state index in [2.05, 4.69) is 48.1 Å². The Morgan fingerprint density at radius 3 is 3.15 bits per heavy atom. The first-order chi connectivity index (χ1) is 13.2. The molecule has 9 heteroatoms. The molecule has 2 N–H and O–H groups in total. The van der Waals surface area contributed by atoms with Crippen molar-refractivity contribution in [2.24, 2.45) is 5.41 Å². The van der Waals surface area contributed by atoms with Gasteiger partial charge in [0, 0.05) is 36.9 Å². The number of thiazole rings is 1. The van der Waals surface area contributed by atoms with Gasteiger partial charge in [-0.05, 0) is 38.6 Å². The minimum atomic E-state index is -0.349. The molecule has 2 aliphatic rings. The van der Waals surface area contributed by atoms with Gasteiger partial charge in [0.2, 0.25) is 5.91 Å². The molecule has 1 amide bonds. The molecule has 4 heterocycles. The van der Waals surface area contributed by atoms with Gasteiger partial charge in [-0.1, -0.05) is 12.1 Å². The third-order valence-corrected chi connectivity index (χ3v) is 6.68. The molecule has 0 aromatic carbocycles. The molecule has 4 rings (SSSR count). The lowest BCUT2D eigenvalue weighted by molar-refractivity contribution is -0.133. The monoisotopic (exact) mass is 389 g/mol. The van der Waals surface area contributed by atoms with Gasteiger partial charge < -0.3 is 5.32 Å². The maximum Gasteiger partial charge on any atom is 0.228 e. The van der Waals surface area contributed by atoms with Gasteiger partial charge in [-0.15, -0.1) is 21.5 Å². The minimum absolute atomic E-state index is 0.192. The van der Waals surface area contributed by atoms with E-state index in [0.717, 1.165) is 44.3 Å². The second-order valence-corrected chi connectivity index (χ2v) is 8.41. The Morgan fingerprint density at radius 1 is 1.48 bits per heavy atom. The number of carbonyl (C=O) groups is 1. The fourth-order valence-electron chi connectivity index (χ4n) is 4.98. The molecule has 0 saturated carbocycles. The van der Waals surface area contributed by atoms with Crippen LogP contribution in [0.5, 0.6) is 0 Å². The van der Waals surface area contributed by atoms with Crippen LogP contribution in [-0.2, 0) is 17.6 Å². The van der Waals surface area contributed by atoms with Crippen molar-refractivity contribution in [3.63, 3.8) is 0 Å². The molecule has 2 bridgehead atoms. The largest absolute Gasteiger partial charge is 0.356 e. The summed E-state index contributed by atoms with van der Waals surface area (Å²) in [5.41, 5.74) is 2.56. The van der Waals surface area contributed by atoms with Gasteiger partial charge in [-0.2, -0.15) is 5.21 Å². The number of hydrogen-bond acceptors (Lipinski definition) is 7. The normalized spacial score (nSPS) is 27.3. The zero-order valence-corrected chi connectivity index (χ0v) is 16.5. The molecule has 2 aromatic heterocycles. The Balaban J connectivity index is 1.44. The first-order valence-corrected chi connectivity index (χ1v) is 10.8. The molecule has 3 atom stereocenters. The van der Waals surface area contributed by atoms with Crippen molar-refractivity contribution >= 4 is 17.2 Å². The minimum Gasteiger partial charge on any atom is -0.356 e. The third kappa shape index (κ3) is 3.62. The van der Waals surface area contributed by atoms with Crippen LogP contribution in [0.1, 0.15) is 50.5 Å². The summed E-state index contributed by atoms with van der Waals surface area (Å²) >= 11 is 1.61. The van der Waals surface area contributed by atoms with Crippen molar-refractivity contribution in [3.8, 4) is 0 Å². The van der Waals surface area contributed by atoms with Gasteiger partial charge in [-0.3, -0.25) is 9.69 Å². The van der Waals surface area contributed by atoms with Crippen LogP contribution >= 0.6 is 11.3 Å². The number of tetrazole rings is 1. The highest BCUT2D eigenvalue weighted by molar-refractivity contribution is 7.07. The lowest BCUT2D eigenvalue weighted by atomic mass is 9.70. The number of aromatic amines is 1. The van der Waals surface area contributed by atoms with Crippen molar-refractivity contribution < 1.29 is 4.79 Å². The molecule has 2 aliphatic heterocycles. The van der Waals surface area contributed by atoms with Crippen LogP contribution in [0, 0.1) is 5.41 Å². The van der Waals surface area contributed by atoms with Crippen molar-refractivity contribution in [1.29, 1.82) is 0 Å². The Labute approximate surface area is 163 Å². The van der Waals surface area contributed by atoms with Gasteiger partial charge >= 0.3 is 0 Å². The zero-order valence-electron chi connectivity index (χ0n) is 15.7. The van der Waals surface area contributed by atoms with Crippen LogP contribution < -0.4 is 5.32 Å². The lowest BCUT2D eigenvalue weighted by Crippen LogP contribution is -2.50. The molecular formula is C18H27N7OS. The van der Waals surface area contributed by atoms with E-state index in [4.69, 9.17) is 0 Å². The van der Waals surface area contributed by atoms with Crippen LogP contribution in [0.2, 0.25) is 0 Å². The molecule has 0 aliphatic carbocycles. The summed E-state index contributed by atoms with van der Waals surface area (Å²) in [4.78, 5) is 20.5. The first kappa shape index (κ1) is 18.5. The van der Waals surface area contributed by atoms with Gasteiger partial charge in [-0.25, -0.2) is 4.98 Å². The number of aryl methyl sites for hydroxylation is 1. The predicted molar refractivity (Wildman–Crippen MR) is 102 cm³/mol. The first-order valence-electron chi connectivity index (χ1n) is 9.86. The van der Waals surface area contributed by atoms with E-state index >= 15 is 0 Å². The highest BCUT2D eigenvalue weighted by Crippen LogP contribution is 2.51. The van der Waals surface area contributed by atoms with E-state index < -0.39 is 0 Å². The Kier molecular flexibility index (Phi) is 5.49. The number of nitrogens with zero attached hydrogens (tertiary/aromatic N) is 5. The number of fused-ring (bicyclic) bond motifs is 2. The predicted octanol–water partition coefficient (Wildman–Crippen LogP) is 1.58. The molecule has 2 fully saturated rings. The number of aromatic nitrogens is 5. The summed E-state index contributed by atoms with van der Waals surface area (Å²) in [6, 6.07) is 0.875. The molecular weight excluding hydrogens is 362 g/mol. The van der Waals surface area contributed by atoms with Crippen LogP contribution in [0.4, 0.5) is 0 Å². The molecule has 0 spiro atoms. The number of carbonyl (C=O) groups excluding carboxylic acids is 1. The third-order valence-electron chi connectivity index (χ3n) is 6.05. The van der Waals surface area contributed by atoms with E-state index in [-0.39, 0.29) is 11.3 Å². The zero-order chi connectivity index (χ0) is 18.7. The molecule has 2 aromatic rings. The second-order valence-electron chi connectivity index (χ2n) is 7.69. The van der Waals surface area contributed by atoms with Crippen LogP contribution in [0.25, 0.3) is 0 Å². The maximum atomic E-state index is 13.4. The van der Waals surface area contributed by atoms with Gasteiger partial charge in [0.1, 0.15) is 0 Å². The Hall–Kier alpha value is -1.87. The lowest BCUT2D eigenvalue weighted by Gasteiger charge is -2.36. The van der Waals surface area contributed by atoms with Crippen molar-refractivity contribution in [3.05, 3.63) is 22.4 Å². The average Bonchev–Trinajstić information content (AvgIpc) is 3.45. The fourth-order valence-corrected chi connectivity index (χ4v) is 5.54. The van der Waals surface area contributed by atoms with Crippen LogP contribution in [0.3, 0.4) is 0 Å². The number of nitrogens with one attached hydrogen (secondary N) is 2. The summed E-state index contributed by atoms with van der Waals surface area (Å²) in [5.74, 6) is 0.882. The quantitative estimate of drug-likeness (QED) is 0.632. The standard InChI is InChI=1S/C18H27N7OS/c1-2-8-25-14-5-6-15(25)18(10-14,9-13-11-27-12-20-13)17(26)19-7-3-4-16-21-23-24-22-16/h11-12,14-15H,2-10H2,1H3,(H,19,26)(H,21,22,23,24)/t14-,15+,18+/m1/s1. The Morgan fingerprint density at radius 2 is 2.41 bits per heavy atom. The summed E-state index contributed by atoms with van der Waals surface area (Å²) in [7, 11) is 0. The number of rotatable bonds is 9. The molecule has 27 heavy (non-hydrogen) atoms. The number of amides is 1. The van der Waals surface area contributed by atoms with Crippen molar-refractivity contribution in [2.75, 3.05) is 13.1 Å². The average molecular weight is 390 g/mol. The summed E-state index contributed by atoms with van der Waals surface area (Å²) in [6.07, 6.45) is 6.68. The van der Waals surface area contributed by atoms with Gasteiger partial charge in [0.05, 0.1) is 16.6 Å². The topological polar surface area (TPSA) is 99.7 Å². The van der Waals surface area contributed by atoms with E-state index in [0.29, 0.717) is 30.9 Å². The maximum absolute atomic E-state index is 13.4. The van der Waals surface area contributed by atoms with Crippen LogP contribution in [0.15, 0.2) is 10.9 Å². The molecule has 0 unspecified atom stereocenters. The summed E-state index contributed by atoms with van der Waals surface area (Å²) in [6.45, 7) is 3.94. The fraction of sp³-hybridized carbons (Fsp3) is 0.722. The van der Waals surface area contributed by atoms with Crippen molar-refractivity contribution in [2.45, 2.75) is 64.0 Å². The summed E-state index contributed by atoms with van der Waals surface area (Å²) in [5, 5.41) is 19.2. The van der Waals surface area contributed by atoms with E-state index in [9.17, 15) is 4.79 Å². The molecule has 2 saturated heterocycles. The number of hydrogen-bond donors (Lipinski definition) is 2. The molecule has 8 nitrogen and oxygen atoms in total. The SMILES string of the molecule is CCCN1[C@@H]2CC[C@H]1[C@@](Cc1cscn1)(C(=O)NCCCc1nn[nH]n1)C2. The highest BCUT2D eigenvalue weighted by atomic mass is 32.1. The molecule has 0 radical (unpaired) electrons. The Bertz CT molecular complexity index is 735. The van der Waals surface area contributed by atoms with E-state index in [1.165, 1.54) is 6.42 Å². The summed E-state index contributed by atoms with van der Waals surface area (Å²) < 4.78 is 0. The van der Waals surface area contributed by atoms with Gasteiger partial charge in [0.15, 0.2) is 5.82 Å². The van der Waals surface area contributed by atoms with Crippen LogP contribution in [-0.4, -0.2) is 61.6 Å².